The Bertz CT molecular complexity index is 279. The summed E-state index contributed by atoms with van der Waals surface area (Å²) in [6.07, 6.45) is 8.18. The highest BCUT2D eigenvalue weighted by atomic mass is 16.5. The molecule has 20 heavy (non-hydrogen) atoms. The zero-order valence-corrected chi connectivity index (χ0v) is 13.4. The zero-order valence-electron chi connectivity index (χ0n) is 13.4. The highest BCUT2D eigenvalue weighted by molar-refractivity contribution is 5.80. The van der Waals surface area contributed by atoms with Gasteiger partial charge in [-0.2, -0.15) is 0 Å². The zero-order chi connectivity index (χ0) is 14.8. The maximum atomic E-state index is 11.8. The minimum Gasteiger partial charge on any atom is -0.468 e. The molecule has 1 rings (SSSR count). The van der Waals surface area contributed by atoms with E-state index in [0.717, 1.165) is 44.9 Å². The van der Waals surface area contributed by atoms with E-state index in [1.54, 1.807) is 0 Å². The summed E-state index contributed by atoms with van der Waals surface area (Å²) >= 11 is 0. The average Bonchev–Trinajstić information content (AvgIpc) is 2.39. The second-order valence-corrected chi connectivity index (χ2v) is 6.01. The summed E-state index contributed by atoms with van der Waals surface area (Å²) in [6.45, 7) is 6.39. The van der Waals surface area contributed by atoms with Gasteiger partial charge in [-0.15, -0.1) is 0 Å². The molecule has 0 aromatic carbocycles. The Labute approximate surface area is 123 Å². The van der Waals surface area contributed by atoms with Crippen LogP contribution < -0.4 is 5.32 Å². The first-order valence-corrected chi connectivity index (χ1v) is 8.03. The lowest BCUT2D eigenvalue weighted by molar-refractivity contribution is -0.148. The molecule has 4 nitrogen and oxygen atoms in total. The van der Waals surface area contributed by atoms with Gasteiger partial charge in [0.15, 0.2) is 0 Å². The third-order valence-electron chi connectivity index (χ3n) is 4.31. The van der Waals surface area contributed by atoms with Crippen LogP contribution in [0.4, 0.5) is 0 Å². The Morgan fingerprint density at radius 2 is 2.05 bits per heavy atom. The van der Waals surface area contributed by atoms with Gasteiger partial charge < -0.3 is 14.8 Å². The van der Waals surface area contributed by atoms with Gasteiger partial charge in [-0.3, -0.25) is 4.79 Å². The molecule has 4 heteroatoms. The van der Waals surface area contributed by atoms with E-state index in [2.05, 4.69) is 5.32 Å². The van der Waals surface area contributed by atoms with Crippen LogP contribution >= 0.6 is 0 Å². The molecule has 0 amide bonds. The molecule has 0 bridgehead atoms. The molecule has 1 atom stereocenters. The van der Waals surface area contributed by atoms with E-state index in [-0.39, 0.29) is 5.97 Å². The van der Waals surface area contributed by atoms with Gasteiger partial charge in [0.2, 0.25) is 0 Å². The van der Waals surface area contributed by atoms with Crippen LogP contribution in [0.1, 0.15) is 58.8 Å². The van der Waals surface area contributed by atoms with Gasteiger partial charge in [0.05, 0.1) is 7.11 Å². The van der Waals surface area contributed by atoms with Crippen molar-refractivity contribution in [2.75, 3.05) is 26.9 Å². The number of rotatable bonds is 11. The minimum absolute atomic E-state index is 0.176. The lowest BCUT2D eigenvalue weighted by Crippen LogP contribution is -2.50. The average molecular weight is 285 g/mol. The third kappa shape index (κ3) is 5.80. The van der Waals surface area contributed by atoms with Crippen molar-refractivity contribution in [1.82, 2.24) is 5.32 Å². The summed E-state index contributed by atoms with van der Waals surface area (Å²) in [5.74, 6) is 0.747. The predicted octanol–water partition coefficient (Wildman–Crippen LogP) is 2.90. The summed E-state index contributed by atoms with van der Waals surface area (Å²) in [4.78, 5) is 11.8. The molecule has 0 saturated heterocycles. The van der Waals surface area contributed by atoms with Gasteiger partial charge in [0.1, 0.15) is 5.54 Å². The van der Waals surface area contributed by atoms with E-state index < -0.39 is 5.54 Å². The highest BCUT2D eigenvalue weighted by Crippen LogP contribution is 2.29. The second-order valence-electron chi connectivity index (χ2n) is 6.01. The molecule has 1 aliphatic rings. The maximum Gasteiger partial charge on any atom is 0.325 e. The van der Waals surface area contributed by atoms with Crippen molar-refractivity contribution in [3.8, 4) is 0 Å². The van der Waals surface area contributed by atoms with Gasteiger partial charge in [-0.05, 0) is 45.1 Å². The van der Waals surface area contributed by atoms with Crippen LogP contribution in [-0.4, -0.2) is 38.4 Å². The largest absolute Gasteiger partial charge is 0.468 e. The molecule has 0 aromatic heterocycles. The fourth-order valence-electron chi connectivity index (χ4n) is 2.69. The van der Waals surface area contributed by atoms with Crippen LogP contribution in [0.2, 0.25) is 0 Å². The Hall–Kier alpha value is -0.610. The fraction of sp³-hybridized carbons (Fsp3) is 0.938. The quantitative estimate of drug-likeness (QED) is 0.468. The number of carbonyl (C=O) groups excluding carboxylic acids is 1. The Morgan fingerprint density at radius 1 is 1.30 bits per heavy atom. The number of ether oxygens (including phenoxy) is 2. The van der Waals surface area contributed by atoms with Crippen molar-refractivity contribution in [3.63, 3.8) is 0 Å². The summed E-state index contributed by atoms with van der Waals surface area (Å²) < 4.78 is 10.5. The van der Waals surface area contributed by atoms with Crippen molar-refractivity contribution in [1.29, 1.82) is 0 Å². The molecule has 1 saturated carbocycles. The molecule has 0 radical (unpaired) electrons. The van der Waals surface area contributed by atoms with Crippen LogP contribution in [0.5, 0.6) is 0 Å². The molecule has 0 aliphatic heterocycles. The minimum atomic E-state index is -0.560. The lowest BCUT2D eigenvalue weighted by Gasteiger charge is -2.27. The lowest BCUT2D eigenvalue weighted by atomic mass is 9.83. The van der Waals surface area contributed by atoms with Gasteiger partial charge in [0.25, 0.3) is 0 Å². The summed E-state index contributed by atoms with van der Waals surface area (Å²) in [5, 5.41) is 3.23. The third-order valence-corrected chi connectivity index (χ3v) is 4.31. The Balaban J connectivity index is 2.06. The fourth-order valence-corrected chi connectivity index (χ4v) is 2.69. The van der Waals surface area contributed by atoms with Crippen molar-refractivity contribution < 1.29 is 14.3 Å². The van der Waals surface area contributed by atoms with Crippen molar-refractivity contribution in [3.05, 3.63) is 0 Å². The van der Waals surface area contributed by atoms with E-state index in [1.165, 1.54) is 32.8 Å². The van der Waals surface area contributed by atoms with Gasteiger partial charge in [-0.1, -0.05) is 26.2 Å². The number of hydrogen-bond donors (Lipinski definition) is 1. The number of esters is 1. The normalized spacial score (nSPS) is 18.4. The molecule has 1 aliphatic carbocycles. The molecular formula is C16H31NO3. The number of nitrogens with one attached hydrogen (secondary N) is 1. The number of hydrogen-bond acceptors (Lipinski definition) is 4. The first kappa shape index (κ1) is 17.4. The van der Waals surface area contributed by atoms with E-state index >= 15 is 0 Å². The number of methoxy groups -OCH3 is 1. The summed E-state index contributed by atoms with van der Waals surface area (Å²) in [6, 6.07) is 0. The molecule has 0 aromatic rings. The van der Waals surface area contributed by atoms with Crippen LogP contribution in [0.15, 0.2) is 0 Å². The number of likely N-dealkylation sites (N-methyl/N-ethyl adjacent to an activating group) is 1. The van der Waals surface area contributed by atoms with Crippen LogP contribution in [0.3, 0.4) is 0 Å². The van der Waals surface area contributed by atoms with Crippen LogP contribution in [0, 0.1) is 5.92 Å². The van der Waals surface area contributed by atoms with Crippen LogP contribution in [0.25, 0.3) is 0 Å². The molecule has 1 N–H and O–H groups in total. The number of unbranched alkanes of at least 4 members (excludes halogenated alkanes) is 1. The molecular weight excluding hydrogens is 254 g/mol. The Morgan fingerprint density at radius 3 is 2.60 bits per heavy atom. The van der Waals surface area contributed by atoms with Crippen LogP contribution in [-0.2, 0) is 14.3 Å². The molecule has 118 valence electrons. The van der Waals surface area contributed by atoms with E-state index in [9.17, 15) is 4.79 Å². The molecule has 0 spiro atoms. The predicted molar refractivity (Wildman–Crippen MR) is 80.7 cm³/mol. The van der Waals surface area contributed by atoms with E-state index in [1.807, 2.05) is 13.8 Å². The maximum absolute atomic E-state index is 11.8. The Kier molecular flexibility index (Phi) is 8.15. The molecule has 1 fully saturated rings. The first-order valence-electron chi connectivity index (χ1n) is 8.03. The summed E-state index contributed by atoms with van der Waals surface area (Å²) in [5.41, 5.74) is -0.560. The van der Waals surface area contributed by atoms with Crippen molar-refractivity contribution in [2.45, 2.75) is 64.3 Å². The number of carbonyl (C=O) groups is 1. The van der Waals surface area contributed by atoms with E-state index in [4.69, 9.17) is 9.47 Å². The van der Waals surface area contributed by atoms with Crippen molar-refractivity contribution in [2.24, 2.45) is 5.92 Å². The van der Waals surface area contributed by atoms with Crippen molar-refractivity contribution >= 4 is 5.97 Å². The summed E-state index contributed by atoms with van der Waals surface area (Å²) in [7, 11) is 1.45. The standard InChI is InChI=1S/C16H31NO3/c1-4-17-16(2,15(18)19-3)11-5-6-12-20-13-10-14-8-7-9-14/h14,17H,4-13H2,1-3H3. The monoisotopic (exact) mass is 285 g/mol. The van der Waals surface area contributed by atoms with Gasteiger partial charge in [0, 0.05) is 13.2 Å². The van der Waals surface area contributed by atoms with Gasteiger partial charge in [-0.25, -0.2) is 0 Å². The van der Waals surface area contributed by atoms with E-state index in [0.29, 0.717) is 0 Å². The first-order chi connectivity index (χ1) is 9.62. The van der Waals surface area contributed by atoms with Gasteiger partial charge >= 0.3 is 5.97 Å². The molecule has 1 unspecified atom stereocenters. The second kappa shape index (κ2) is 9.35. The smallest absolute Gasteiger partial charge is 0.325 e. The molecule has 0 heterocycles. The SMILES string of the molecule is CCNC(C)(CCCCOCCC1CCC1)C(=O)OC. The topological polar surface area (TPSA) is 47.6 Å². The highest BCUT2D eigenvalue weighted by Gasteiger charge is 2.32.